The van der Waals surface area contributed by atoms with Gasteiger partial charge in [-0.3, -0.25) is 9.59 Å². The number of carbonyl (C=O) groups is 2. The molecular weight excluding hydrogens is 304 g/mol. The average molecular weight is 332 g/mol. The Labute approximate surface area is 144 Å². The summed E-state index contributed by atoms with van der Waals surface area (Å²) in [7, 11) is 1.69. The van der Waals surface area contributed by atoms with Crippen LogP contribution in [0.25, 0.3) is 0 Å². The van der Waals surface area contributed by atoms with Crippen LogP contribution in [-0.2, 0) is 21.4 Å². The zero-order valence-corrected chi connectivity index (χ0v) is 15.3. The van der Waals surface area contributed by atoms with Crippen molar-refractivity contribution in [3.63, 3.8) is 0 Å². The van der Waals surface area contributed by atoms with Crippen LogP contribution < -0.4 is 15.4 Å². The summed E-state index contributed by atoms with van der Waals surface area (Å²) in [5, 5.41) is 5.61. The number of nitrogens with one attached hydrogen (secondary N) is 2. The lowest BCUT2D eigenvalue weighted by Gasteiger charge is -2.24. The van der Waals surface area contributed by atoms with Gasteiger partial charge in [0.2, 0.25) is 11.8 Å². The third-order valence-corrected chi connectivity index (χ3v) is 4.47. The smallest absolute Gasteiger partial charge is 0.242 e. The molecule has 1 aromatic carbocycles. The fourth-order valence-corrected chi connectivity index (χ4v) is 3.00. The molecule has 1 aromatic rings. The third kappa shape index (κ3) is 4.28. The fourth-order valence-electron chi connectivity index (χ4n) is 3.00. The highest BCUT2D eigenvalue weighted by Crippen LogP contribution is 2.33. The van der Waals surface area contributed by atoms with Crippen molar-refractivity contribution in [3.8, 4) is 5.75 Å². The Kier molecular flexibility index (Phi) is 5.52. The van der Waals surface area contributed by atoms with Gasteiger partial charge in [-0.05, 0) is 47.9 Å². The number of hydrogen-bond acceptors (Lipinski definition) is 3. The summed E-state index contributed by atoms with van der Waals surface area (Å²) in [6.45, 7) is 9.10. The van der Waals surface area contributed by atoms with Crippen molar-refractivity contribution < 1.29 is 14.3 Å². The Hall–Kier alpha value is -2.04. The first-order valence-electron chi connectivity index (χ1n) is 8.47. The molecule has 0 aromatic heterocycles. The SMILES string of the molecule is COc1cc(C)c(CCNC(=O)C2CCC(=O)N2)cc1C(C)(C)C. The summed E-state index contributed by atoms with van der Waals surface area (Å²) in [5.41, 5.74) is 3.52. The van der Waals surface area contributed by atoms with Crippen LogP contribution in [0, 0.1) is 6.92 Å². The summed E-state index contributed by atoms with van der Waals surface area (Å²) in [5.74, 6) is 0.764. The van der Waals surface area contributed by atoms with Gasteiger partial charge in [0.1, 0.15) is 11.8 Å². The van der Waals surface area contributed by atoms with E-state index < -0.39 is 0 Å². The van der Waals surface area contributed by atoms with Gasteiger partial charge in [-0.2, -0.15) is 0 Å². The van der Waals surface area contributed by atoms with E-state index in [1.54, 1.807) is 7.11 Å². The Morgan fingerprint density at radius 2 is 2.08 bits per heavy atom. The second-order valence-corrected chi connectivity index (χ2v) is 7.43. The van der Waals surface area contributed by atoms with Gasteiger partial charge in [-0.1, -0.05) is 26.8 Å². The molecule has 0 aliphatic carbocycles. The van der Waals surface area contributed by atoms with Crippen molar-refractivity contribution in [2.75, 3.05) is 13.7 Å². The normalized spacial score (nSPS) is 17.5. The van der Waals surface area contributed by atoms with E-state index in [-0.39, 0.29) is 23.3 Å². The number of aryl methyl sites for hydroxylation is 1. The van der Waals surface area contributed by atoms with Crippen LogP contribution in [0.2, 0.25) is 0 Å². The molecule has 2 amide bonds. The lowest BCUT2D eigenvalue weighted by Crippen LogP contribution is -2.42. The van der Waals surface area contributed by atoms with E-state index in [1.807, 2.05) is 0 Å². The second kappa shape index (κ2) is 7.24. The van der Waals surface area contributed by atoms with Crippen LogP contribution in [0.15, 0.2) is 12.1 Å². The number of ether oxygens (including phenoxy) is 1. The molecule has 0 spiro atoms. The van der Waals surface area contributed by atoms with Crippen molar-refractivity contribution in [3.05, 3.63) is 28.8 Å². The highest BCUT2D eigenvalue weighted by molar-refractivity contribution is 5.90. The molecule has 2 rings (SSSR count). The zero-order valence-electron chi connectivity index (χ0n) is 15.3. The zero-order chi connectivity index (χ0) is 17.9. The number of hydrogen-bond donors (Lipinski definition) is 2. The van der Waals surface area contributed by atoms with Gasteiger partial charge in [-0.15, -0.1) is 0 Å². The third-order valence-electron chi connectivity index (χ3n) is 4.47. The largest absolute Gasteiger partial charge is 0.496 e. The van der Waals surface area contributed by atoms with Crippen molar-refractivity contribution in [2.24, 2.45) is 0 Å². The number of methoxy groups -OCH3 is 1. The molecule has 0 radical (unpaired) electrons. The Bertz CT molecular complexity index is 632. The van der Waals surface area contributed by atoms with Crippen LogP contribution in [0.5, 0.6) is 5.75 Å². The first-order valence-corrected chi connectivity index (χ1v) is 8.47. The number of benzene rings is 1. The van der Waals surface area contributed by atoms with Crippen LogP contribution >= 0.6 is 0 Å². The molecular formula is C19H28N2O3. The van der Waals surface area contributed by atoms with Crippen LogP contribution in [0.4, 0.5) is 0 Å². The Balaban J connectivity index is 2.02. The maximum Gasteiger partial charge on any atom is 0.242 e. The monoisotopic (exact) mass is 332 g/mol. The van der Waals surface area contributed by atoms with Gasteiger partial charge in [-0.25, -0.2) is 0 Å². The van der Waals surface area contributed by atoms with Crippen LogP contribution in [0.3, 0.4) is 0 Å². The molecule has 1 unspecified atom stereocenters. The Morgan fingerprint density at radius 1 is 1.38 bits per heavy atom. The summed E-state index contributed by atoms with van der Waals surface area (Å²) in [6.07, 6.45) is 1.77. The minimum Gasteiger partial charge on any atom is -0.496 e. The molecule has 5 heteroatoms. The summed E-state index contributed by atoms with van der Waals surface area (Å²) in [4.78, 5) is 23.2. The molecule has 1 aliphatic rings. The van der Waals surface area contributed by atoms with E-state index in [0.29, 0.717) is 19.4 Å². The van der Waals surface area contributed by atoms with E-state index in [4.69, 9.17) is 4.74 Å². The van der Waals surface area contributed by atoms with Gasteiger partial charge >= 0.3 is 0 Å². The molecule has 132 valence electrons. The lowest BCUT2D eigenvalue weighted by atomic mass is 9.84. The highest BCUT2D eigenvalue weighted by atomic mass is 16.5. The van der Waals surface area contributed by atoms with Crippen molar-refractivity contribution in [1.82, 2.24) is 10.6 Å². The molecule has 1 saturated heterocycles. The van der Waals surface area contributed by atoms with Gasteiger partial charge in [0, 0.05) is 13.0 Å². The van der Waals surface area contributed by atoms with Gasteiger partial charge in [0.25, 0.3) is 0 Å². The minimum atomic E-state index is -0.375. The molecule has 1 aliphatic heterocycles. The van der Waals surface area contributed by atoms with Gasteiger partial charge in [0.15, 0.2) is 0 Å². The second-order valence-electron chi connectivity index (χ2n) is 7.43. The minimum absolute atomic E-state index is 0.00876. The topological polar surface area (TPSA) is 67.4 Å². The lowest BCUT2D eigenvalue weighted by molar-refractivity contribution is -0.125. The van der Waals surface area contributed by atoms with Crippen molar-refractivity contribution in [2.45, 2.75) is 58.4 Å². The molecule has 2 N–H and O–H groups in total. The molecule has 5 nitrogen and oxygen atoms in total. The van der Waals surface area contributed by atoms with Crippen molar-refractivity contribution >= 4 is 11.8 Å². The molecule has 24 heavy (non-hydrogen) atoms. The van der Waals surface area contributed by atoms with Gasteiger partial charge in [0.05, 0.1) is 7.11 Å². The summed E-state index contributed by atoms with van der Waals surface area (Å²) in [6, 6.07) is 3.87. The molecule has 1 atom stereocenters. The van der Waals surface area contributed by atoms with Crippen molar-refractivity contribution in [1.29, 1.82) is 0 Å². The molecule has 1 fully saturated rings. The summed E-state index contributed by atoms with van der Waals surface area (Å²) >= 11 is 0. The standard InChI is InChI=1S/C19H28N2O3/c1-12-10-16(24-5)14(19(2,3)4)11-13(12)8-9-20-18(23)15-6-7-17(22)21-15/h10-11,15H,6-9H2,1-5H3,(H,20,23)(H,21,22). The molecule has 0 saturated carbocycles. The van der Waals surface area contributed by atoms with E-state index >= 15 is 0 Å². The predicted molar refractivity (Wildman–Crippen MR) is 94.3 cm³/mol. The van der Waals surface area contributed by atoms with Crippen LogP contribution in [0.1, 0.15) is 50.3 Å². The maximum atomic E-state index is 12.0. The van der Waals surface area contributed by atoms with E-state index in [9.17, 15) is 9.59 Å². The van der Waals surface area contributed by atoms with E-state index in [0.717, 1.165) is 17.7 Å². The Morgan fingerprint density at radius 3 is 2.62 bits per heavy atom. The number of rotatable bonds is 5. The average Bonchev–Trinajstić information content (AvgIpc) is 2.93. The van der Waals surface area contributed by atoms with E-state index in [2.05, 4.69) is 50.5 Å². The molecule has 1 heterocycles. The highest BCUT2D eigenvalue weighted by Gasteiger charge is 2.26. The number of carbonyl (C=O) groups excluding carboxylic acids is 2. The van der Waals surface area contributed by atoms with Crippen LogP contribution in [-0.4, -0.2) is 31.5 Å². The first-order chi connectivity index (χ1) is 11.2. The maximum absolute atomic E-state index is 12.0. The molecule has 0 bridgehead atoms. The summed E-state index contributed by atoms with van der Waals surface area (Å²) < 4.78 is 5.52. The predicted octanol–water partition coefficient (Wildman–Crippen LogP) is 2.24. The van der Waals surface area contributed by atoms with E-state index in [1.165, 1.54) is 11.1 Å². The van der Waals surface area contributed by atoms with Gasteiger partial charge < -0.3 is 15.4 Å². The number of amides is 2. The quantitative estimate of drug-likeness (QED) is 0.869. The first kappa shape index (κ1) is 18.3. The fraction of sp³-hybridized carbons (Fsp3) is 0.579.